The minimum atomic E-state index is 0.0988. The molecule has 0 radical (unpaired) electrons. The maximum absolute atomic E-state index is 13.5. The normalized spacial score (nSPS) is 17.4. The second-order valence-electron chi connectivity index (χ2n) is 8.53. The van der Waals surface area contributed by atoms with Gasteiger partial charge < -0.3 is 14.5 Å². The molecule has 2 aliphatic heterocycles. The number of nitrogens with zero attached hydrogens (tertiary/aromatic N) is 3. The first kappa shape index (κ1) is 20.0. The summed E-state index contributed by atoms with van der Waals surface area (Å²) >= 11 is 0. The van der Waals surface area contributed by atoms with Crippen molar-refractivity contribution in [3.05, 3.63) is 71.8 Å². The summed E-state index contributed by atoms with van der Waals surface area (Å²) < 4.78 is 6.11. The number of pyridine rings is 1. The van der Waals surface area contributed by atoms with Crippen LogP contribution in [-0.4, -0.2) is 48.1 Å². The van der Waals surface area contributed by atoms with Gasteiger partial charge in [0.1, 0.15) is 5.82 Å². The fraction of sp³-hybridized carbons (Fsp3) is 0.385. The third kappa shape index (κ3) is 4.42. The number of ether oxygens (including phenoxy) is 1. The number of fused-ring (bicyclic) bond motifs is 1. The lowest BCUT2D eigenvalue weighted by molar-refractivity contribution is -0.000367. The molecule has 0 spiro atoms. The molecule has 0 saturated carbocycles. The number of hydrogen-bond donors (Lipinski definition) is 0. The number of amides is 1. The molecule has 5 heteroatoms. The smallest absolute Gasteiger partial charge is 0.257 e. The lowest BCUT2D eigenvalue weighted by Gasteiger charge is -2.33. The van der Waals surface area contributed by atoms with Gasteiger partial charge in [-0.05, 0) is 43.4 Å². The number of likely N-dealkylation sites (tertiary alicyclic amines) is 1. The van der Waals surface area contributed by atoms with Crippen LogP contribution < -0.4 is 4.90 Å². The summed E-state index contributed by atoms with van der Waals surface area (Å²) in [5.74, 6) is 0.949. The Kier molecular flexibility index (Phi) is 5.85. The van der Waals surface area contributed by atoms with Gasteiger partial charge in [0.15, 0.2) is 0 Å². The molecule has 2 saturated heterocycles. The number of carbonyl (C=O) groups is 1. The van der Waals surface area contributed by atoms with Crippen molar-refractivity contribution in [2.24, 2.45) is 0 Å². The average Bonchev–Trinajstić information content (AvgIpc) is 3.37. The zero-order valence-electron chi connectivity index (χ0n) is 17.9. The van der Waals surface area contributed by atoms with Crippen LogP contribution in [0.4, 0.5) is 5.82 Å². The number of benzene rings is 2. The molecule has 3 aromatic rings. The maximum atomic E-state index is 13.5. The Labute approximate surface area is 183 Å². The highest BCUT2D eigenvalue weighted by Crippen LogP contribution is 2.28. The van der Waals surface area contributed by atoms with E-state index in [1.165, 1.54) is 5.56 Å². The molecule has 0 N–H and O–H groups in total. The molecule has 0 bridgehead atoms. The molecule has 2 aromatic carbocycles. The van der Waals surface area contributed by atoms with Gasteiger partial charge >= 0.3 is 0 Å². The molecule has 31 heavy (non-hydrogen) atoms. The van der Waals surface area contributed by atoms with Gasteiger partial charge in [-0.15, -0.1) is 0 Å². The third-order valence-corrected chi connectivity index (χ3v) is 6.40. The number of hydrogen-bond acceptors (Lipinski definition) is 4. The molecule has 160 valence electrons. The number of rotatable bonds is 5. The zero-order valence-corrected chi connectivity index (χ0v) is 17.9. The summed E-state index contributed by atoms with van der Waals surface area (Å²) in [5, 5.41) is 1.02. The van der Waals surface area contributed by atoms with Crippen molar-refractivity contribution in [2.45, 2.75) is 38.4 Å². The largest absolute Gasteiger partial charge is 0.373 e. The number of carbonyl (C=O) groups excluding carboxylic acids is 1. The molecular weight excluding hydrogens is 386 g/mol. The minimum absolute atomic E-state index is 0.0988. The molecule has 0 aliphatic carbocycles. The van der Waals surface area contributed by atoms with Gasteiger partial charge in [0.25, 0.3) is 5.91 Å². The molecule has 2 aliphatic rings. The Bertz CT molecular complexity index is 1040. The lowest BCUT2D eigenvalue weighted by Crippen LogP contribution is -2.41. The van der Waals surface area contributed by atoms with Gasteiger partial charge in [0, 0.05) is 31.6 Å². The van der Waals surface area contributed by atoms with E-state index >= 15 is 0 Å². The van der Waals surface area contributed by atoms with Gasteiger partial charge in [-0.1, -0.05) is 48.5 Å². The Morgan fingerprint density at radius 1 is 0.935 bits per heavy atom. The standard InChI is InChI=1S/C26H29N3O2/c30-26(29-16-12-22(13-17-29)31-19-20-8-2-1-3-9-20)23-18-21-10-4-5-11-24(21)27-25(23)28-14-6-7-15-28/h1-5,8-11,18,22H,6-7,12-17,19H2. The van der Waals surface area contributed by atoms with Gasteiger partial charge in [0.2, 0.25) is 0 Å². The van der Waals surface area contributed by atoms with E-state index in [2.05, 4.69) is 17.0 Å². The summed E-state index contributed by atoms with van der Waals surface area (Å²) in [6.45, 7) is 4.03. The molecule has 1 aromatic heterocycles. The van der Waals surface area contributed by atoms with Crippen molar-refractivity contribution in [3.63, 3.8) is 0 Å². The molecule has 0 unspecified atom stereocenters. The van der Waals surface area contributed by atoms with Crippen molar-refractivity contribution in [1.82, 2.24) is 9.88 Å². The first-order valence-electron chi connectivity index (χ1n) is 11.4. The predicted octanol–water partition coefficient (Wildman–Crippen LogP) is 4.66. The monoisotopic (exact) mass is 415 g/mol. The fourth-order valence-electron chi connectivity index (χ4n) is 4.62. The van der Waals surface area contributed by atoms with E-state index < -0.39 is 0 Å². The van der Waals surface area contributed by atoms with Gasteiger partial charge in [-0.3, -0.25) is 4.79 Å². The number of aromatic nitrogens is 1. The highest BCUT2D eigenvalue weighted by molar-refractivity contribution is 6.02. The number of piperidine rings is 1. The number of anilines is 1. The lowest BCUT2D eigenvalue weighted by atomic mass is 10.0. The Morgan fingerprint density at radius 3 is 2.42 bits per heavy atom. The average molecular weight is 416 g/mol. The van der Waals surface area contributed by atoms with Gasteiger partial charge in [0.05, 0.1) is 23.8 Å². The molecule has 1 amide bonds. The van der Waals surface area contributed by atoms with E-state index in [0.29, 0.717) is 6.61 Å². The van der Waals surface area contributed by atoms with Crippen molar-refractivity contribution >= 4 is 22.6 Å². The molecular formula is C26H29N3O2. The van der Waals surface area contributed by atoms with Crippen molar-refractivity contribution in [3.8, 4) is 0 Å². The topological polar surface area (TPSA) is 45.7 Å². The van der Waals surface area contributed by atoms with E-state index in [1.54, 1.807) is 0 Å². The molecule has 2 fully saturated rings. The second-order valence-corrected chi connectivity index (χ2v) is 8.53. The van der Waals surface area contributed by atoms with Crippen LogP contribution in [-0.2, 0) is 11.3 Å². The molecule has 5 rings (SSSR count). The summed E-state index contributed by atoms with van der Waals surface area (Å²) in [7, 11) is 0. The van der Waals surface area contributed by atoms with Crippen LogP contribution in [0.3, 0.4) is 0 Å². The highest BCUT2D eigenvalue weighted by Gasteiger charge is 2.28. The first-order chi connectivity index (χ1) is 15.3. The molecule has 3 heterocycles. The summed E-state index contributed by atoms with van der Waals surface area (Å²) in [6.07, 6.45) is 4.27. The van der Waals surface area contributed by atoms with E-state index in [1.807, 2.05) is 53.4 Å². The summed E-state index contributed by atoms with van der Waals surface area (Å²) in [5.41, 5.74) is 2.89. The summed E-state index contributed by atoms with van der Waals surface area (Å²) in [6, 6.07) is 20.4. The first-order valence-corrected chi connectivity index (χ1v) is 11.4. The van der Waals surface area contributed by atoms with Crippen LogP contribution in [0, 0.1) is 0 Å². The van der Waals surface area contributed by atoms with Crippen LogP contribution in [0.2, 0.25) is 0 Å². The maximum Gasteiger partial charge on any atom is 0.257 e. The predicted molar refractivity (Wildman–Crippen MR) is 123 cm³/mol. The molecule has 5 nitrogen and oxygen atoms in total. The SMILES string of the molecule is O=C(c1cc2ccccc2nc1N1CCCC1)N1CCC(OCc2ccccc2)CC1. The highest BCUT2D eigenvalue weighted by atomic mass is 16.5. The van der Waals surface area contributed by atoms with E-state index in [9.17, 15) is 4.79 Å². The summed E-state index contributed by atoms with van der Waals surface area (Å²) in [4.78, 5) is 22.7. The quantitative estimate of drug-likeness (QED) is 0.608. The Hall–Kier alpha value is -2.92. The number of para-hydroxylation sites is 1. The van der Waals surface area contributed by atoms with Crippen molar-refractivity contribution in [1.29, 1.82) is 0 Å². The Morgan fingerprint density at radius 2 is 1.65 bits per heavy atom. The van der Waals surface area contributed by atoms with E-state index in [0.717, 1.165) is 74.1 Å². The van der Waals surface area contributed by atoms with Crippen LogP contribution >= 0.6 is 0 Å². The van der Waals surface area contributed by atoms with Crippen LogP contribution in [0.15, 0.2) is 60.7 Å². The van der Waals surface area contributed by atoms with Gasteiger partial charge in [-0.25, -0.2) is 4.98 Å². The molecule has 0 atom stereocenters. The fourth-order valence-corrected chi connectivity index (χ4v) is 4.62. The zero-order chi connectivity index (χ0) is 21.0. The van der Waals surface area contributed by atoms with Crippen LogP contribution in [0.5, 0.6) is 0 Å². The van der Waals surface area contributed by atoms with E-state index in [-0.39, 0.29) is 12.0 Å². The van der Waals surface area contributed by atoms with Gasteiger partial charge in [-0.2, -0.15) is 0 Å². The van der Waals surface area contributed by atoms with Crippen molar-refractivity contribution < 1.29 is 9.53 Å². The van der Waals surface area contributed by atoms with Crippen LogP contribution in [0.25, 0.3) is 10.9 Å². The van der Waals surface area contributed by atoms with Crippen molar-refractivity contribution in [2.75, 3.05) is 31.1 Å². The van der Waals surface area contributed by atoms with Crippen LogP contribution in [0.1, 0.15) is 41.6 Å². The second kappa shape index (κ2) is 9.06. The Balaban J connectivity index is 1.29. The van der Waals surface area contributed by atoms with E-state index in [4.69, 9.17) is 9.72 Å². The minimum Gasteiger partial charge on any atom is -0.373 e. The third-order valence-electron chi connectivity index (χ3n) is 6.40.